The lowest BCUT2D eigenvalue weighted by molar-refractivity contribution is 0.255. The Morgan fingerprint density at radius 3 is 2.45 bits per heavy atom. The zero-order chi connectivity index (χ0) is 20.6. The van der Waals surface area contributed by atoms with Crippen molar-refractivity contribution in [3.05, 3.63) is 30.3 Å². The molecule has 2 unspecified atom stereocenters. The van der Waals surface area contributed by atoms with Gasteiger partial charge in [0, 0.05) is 70.6 Å². The van der Waals surface area contributed by atoms with Crippen LogP contribution < -0.4 is 15.5 Å². The zero-order valence-electron chi connectivity index (χ0n) is 18.8. The maximum atomic E-state index is 4.44. The van der Waals surface area contributed by atoms with Crippen LogP contribution in [0, 0.1) is 5.92 Å². The van der Waals surface area contributed by atoms with Crippen LogP contribution in [0.3, 0.4) is 0 Å². The van der Waals surface area contributed by atoms with Crippen LogP contribution >= 0.6 is 0 Å². The van der Waals surface area contributed by atoms with Gasteiger partial charge in [0.1, 0.15) is 0 Å². The highest BCUT2D eigenvalue weighted by atomic mass is 15.3. The first-order valence-corrected chi connectivity index (χ1v) is 11.3. The van der Waals surface area contributed by atoms with E-state index < -0.39 is 0 Å². The van der Waals surface area contributed by atoms with E-state index in [1.165, 1.54) is 12.2 Å². The Bertz CT molecular complexity index is 624. The topological polar surface area (TPSA) is 46.1 Å². The molecule has 2 aliphatic heterocycles. The fourth-order valence-electron chi connectivity index (χ4n) is 4.36. The van der Waals surface area contributed by atoms with Gasteiger partial charge in [0.2, 0.25) is 0 Å². The van der Waals surface area contributed by atoms with Gasteiger partial charge in [0.15, 0.2) is 5.96 Å². The molecule has 2 heterocycles. The standard InChI is InChI=1S/C23H40N6/c1-19(2)29-17-20(3)22(18-29)26-23(24-4)25-11-8-12-27-13-15-28(16-14-27)21-9-6-5-7-10-21/h5-7,9-10,19-20,22H,8,11-18H2,1-4H3,(H2,24,25,26). The summed E-state index contributed by atoms with van der Waals surface area (Å²) < 4.78 is 0. The van der Waals surface area contributed by atoms with Gasteiger partial charge in [0.05, 0.1) is 0 Å². The molecule has 6 nitrogen and oxygen atoms in total. The Balaban J connectivity index is 1.32. The molecule has 0 bridgehead atoms. The van der Waals surface area contributed by atoms with E-state index in [0.29, 0.717) is 18.0 Å². The predicted octanol–water partition coefficient (Wildman–Crippen LogP) is 2.09. The molecular weight excluding hydrogens is 360 g/mol. The number of para-hydroxylation sites is 1. The van der Waals surface area contributed by atoms with Crippen LogP contribution in [-0.2, 0) is 0 Å². The predicted molar refractivity (Wildman–Crippen MR) is 124 cm³/mol. The summed E-state index contributed by atoms with van der Waals surface area (Å²) in [5, 5.41) is 7.16. The number of guanidine groups is 1. The van der Waals surface area contributed by atoms with Gasteiger partial charge >= 0.3 is 0 Å². The number of benzene rings is 1. The van der Waals surface area contributed by atoms with Crippen LogP contribution in [0.1, 0.15) is 27.2 Å². The second kappa shape index (κ2) is 10.8. The first-order chi connectivity index (χ1) is 14.1. The van der Waals surface area contributed by atoms with Crippen molar-refractivity contribution in [2.24, 2.45) is 10.9 Å². The summed E-state index contributed by atoms with van der Waals surface area (Å²) in [4.78, 5) is 12.1. The molecule has 0 aromatic heterocycles. The number of rotatable bonds is 7. The zero-order valence-corrected chi connectivity index (χ0v) is 18.8. The Hall–Kier alpha value is -1.79. The van der Waals surface area contributed by atoms with Crippen LogP contribution in [0.15, 0.2) is 35.3 Å². The molecular formula is C23H40N6. The van der Waals surface area contributed by atoms with E-state index in [4.69, 9.17) is 0 Å². The van der Waals surface area contributed by atoms with Crippen molar-refractivity contribution in [2.75, 3.05) is 64.3 Å². The van der Waals surface area contributed by atoms with Gasteiger partial charge in [-0.1, -0.05) is 25.1 Å². The number of nitrogens with one attached hydrogen (secondary N) is 2. The van der Waals surface area contributed by atoms with Crippen molar-refractivity contribution < 1.29 is 0 Å². The molecule has 6 heteroatoms. The largest absolute Gasteiger partial charge is 0.369 e. The molecule has 0 spiro atoms. The number of anilines is 1. The summed E-state index contributed by atoms with van der Waals surface area (Å²) in [5.74, 6) is 1.60. The molecule has 2 N–H and O–H groups in total. The average molecular weight is 401 g/mol. The molecule has 1 aromatic rings. The van der Waals surface area contributed by atoms with E-state index in [0.717, 1.165) is 58.2 Å². The molecule has 0 saturated carbocycles. The lowest BCUT2D eigenvalue weighted by Gasteiger charge is -2.36. The molecule has 3 rings (SSSR count). The third-order valence-corrected chi connectivity index (χ3v) is 6.35. The third-order valence-electron chi connectivity index (χ3n) is 6.35. The molecule has 29 heavy (non-hydrogen) atoms. The van der Waals surface area contributed by atoms with Crippen molar-refractivity contribution >= 4 is 11.6 Å². The van der Waals surface area contributed by atoms with Crippen LogP contribution in [0.25, 0.3) is 0 Å². The second-order valence-corrected chi connectivity index (χ2v) is 8.79. The van der Waals surface area contributed by atoms with E-state index in [1.807, 2.05) is 7.05 Å². The Kier molecular flexibility index (Phi) is 8.19. The first kappa shape index (κ1) is 21.9. The van der Waals surface area contributed by atoms with E-state index in [-0.39, 0.29) is 0 Å². The van der Waals surface area contributed by atoms with E-state index >= 15 is 0 Å². The number of nitrogens with zero attached hydrogens (tertiary/aromatic N) is 4. The summed E-state index contributed by atoms with van der Waals surface area (Å²) in [5.41, 5.74) is 1.35. The summed E-state index contributed by atoms with van der Waals surface area (Å²) in [6.45, 7) is 15.8. The molecule has 1 aromatic carbocycles. The maximum Gasteiger partial charge on any atom is 0.191 e. The van der Waals surface area contributed by atoms with E-state index in [1.54, 1.807) is 0 Å². The van der Waals surface area contributed by atoms with Gasteiger partial charge < -0.3 is 15.5 Å². The second-order valence-electron chi connectivity index (χ2n) is 8.79. The van der Waals surface area contributed by atoms with Gasteiger partial charge in [-0.2, -0.15) is 0 Å². The molecule has 0 aliphatic carbocycles. The molecule has 0 radical (unpaired) electrons. The minimum Gasteiger partial charge on any atom is -0.369 e. The molecule has 2 aliphatic rings. The number of aliphatic imine (C=N–C) groups is 1. The Morgan fingerprint density at radius 1 is 1.10 bits per heavy atom. The van der Waals surface area contributed by atoms with Crippen molar-refractivity contribution in [2.45, 2.75) is 39.3 Å². The lowest BCUT2D eigenvalue weighted by Crippen LogP contribution is -2.48. The highest BCUT2D eigenvalue weighted by Crippen LogP contribution is 2.18. The average Bonchev–Trinajstić information content (AvgIpc) is 3.12. The summed E-state index contributed by atoms with van der Waals surface area (Å²) in [6, 6.07) is 11.9. The molecule has 2 saturated heterocycles. The minimum absolute atomic E-state index is 0.481. The Morgan fingerprint density at radius 2 is 1.83 bits per heavy atom. The fraction of sp³-hybridized carbons (Fsp3) is 0.696. The van der Waals surface area contributed by atoms with Gasteiger partial charge in [-0.05, 0) is 44.9 Å². The summed E-state index contributed by atoms with van der Waals surface area (Å²) >= 11 is 0. The SMILES string of the molecule is CN=C(NCCCN1CCN(c2ccccc2)CC1)NC1CN(C(C)C)CC1C. The maximum absolute atomic E-state index is 4.44. The van der Waals surface area contributed by atoms with E-state index in [2.05, 4.69) is 81.4 Å². The van der Waals surface area contributed by atoms with Gasteiger partial charge in [-0.15, -0.1) is 0 Å². The molecule has 0 amide bonds. The summed E-state index contributed by atoms with van der Waals surface area (Å²) in [7, 11) is 1.87. The van der Waals surface area contributed by atoms with Crippen LogP contribution in [0.5, 0.6) is 0 Å². The molecule has 162 valence electrons. The van der Waals surface area contributed by atoms with Gasteiger partial charge in [-0.25, -0.2) is 0 Å². The van der Waals surface area contributed by atoms with Crippen molar-refractivity contribution in [3.63, 3.8) is 0 Å². The van der Waals surface area contributed by atoms with Crippen molar-refractivity contribution in [1.29, 1.82) is 0 Å². The van der Waals surface area contributed by atoms with Gasteiger partial charge in [0.25, 0.3) is 0 Å². The molecule has 2 atom stereocenters. The van der Waals surface area contributed by atoms with Crippen molar-refractivity contribution in [3.8, 4) is 0 Å². The Labute approximate surface area is 177 Å². The van der Waals surface area contributed by atoms with E-state index in [9.17, 15) is 0 Å². The first-order valence-electron chi connectivity index (χ1n) is 11.3. The number of hydrogen-bond donors (Lipinski definition) is 2. The van der Waals surface area contributed by atoms with Crippen LogP contribution in [0.2, 0.25) is 0 Å². The molecule has 2 fully saturated rings. The fourth-order valence-corrected chi connectivity index (χ4v) is 4.36. The smallest absolute Gasteiger partial charge is 0.191 e. The van der Waals surface area contributed by atoms with Crippen molar-refractivity contribution in [1.82, 2.24) is 20.4 Å². The monoisotopic (exact) mass is 400 g/mol. The number of piperazine rings is 1. The van der Waals surface area contributed by atoms with Crippen LogP contribution in [0.4, 0.5) is 5.69 Å². The number of likely N-dealkylation sites (tertiary alicyclic amines) is 1. The third kappa shape index (κ3) is 6.34. The number of hydrogen-bond acceptors (Lipinski definition) is 4. The minimum atomic E-state index is 0.481. The quantitative estimate of drug-likeness (QED) is 0.417. The highest BCUT2D eigenvalue weighted by Gasteiger charge is 2.31. The summed E-state index contributed by atoms with van der Waals surface area (Å²) in [6.07, 6.45) is 1.14. The van der Waals surface area contributed by atoms with Crippen LogP contribution in [-0.4, -0.2) is 87.2 Å². The lowest BCUT2D eigenvalue weighted by atomic mass is 10.1. The highest BCUT2D eigenvalue weighted by molar-refractivity contribution is 5.80. The van der Waals surface area contributed by atoms with Gasteiger partial charge in [-0.3, -0.25) is 14.8 Å². The normalized spacial score (nSPS) is 24.3.